The molecule has 94 valence electrons. The van der Waals surface area contributed by atoms with Crippen LogP contribution in [0.5, 0.6) is 0 Å². The fraction of sp³-hybridized carbons (Fsp3) is 0.200. The van der Waals surface area contributed by atoms with Gasteiger partial charge in [0.15, 0.2) is 0 Å². The molecule has 0 saturated heterocycles. The van der Waals surface area contributed by atoms with Crippen molar-refractivity contribution < 1.29 is 4.39 Å². The summed E-state index contributed by atoms with van der Waals surface area (Å²) in [5.74, 6) is -0.279. The molecular weight excluding hydrogens is 227 g/mol. The van der Waals surface area contributed by atoms with E-state index in [0.29, 0.717) is 0 Å². The molecule has 2 unspecified atom stereocenters. The molecule has 2 rings (SSSR count). The Balaban J connectivity index is 2.54. The minimum atomic E-state index is -0.811. The van der Waals surface area contributed by atoms with Gasteiger partial charge in [-0.2, -0.15) is 0 Å². The van der Waals surface area contributed by atoms with Crippen molar-refractivity contribution in [3.05, 3.63) is 71.5 Å². The highest BCUT2D eigenvalue weighted by atomic mass is 19.1. The first kappa shape index (κ1) is 12.7. The lowest BCUT2D eigenvalue weighted by atomic mass is 9.79. The molecule has 0 aliphatic heterocycles. The molecule has 0 spiro atoms. The molecule has 0 aliphatic carbocycles. The molecule has 0 aliphatic rings. The van der Waals surface area contributed by atoms with E-state index in [0.717, 1.165) is 11.1 Å². The van der Waals surface area contributed by atoms with Crippen LogP contribution in [0.15, 0.2) is 54.6 Å². The zero-order valence-corrected chi connectivity index (χ0v) is 10.3. The standard InChI is InChI=1S/C15H17FN2/c1-11(17)15(18,12-5-3-2-4-6-12)13-7-9-14(16)10-8-13/h2-11H,17-18H2,1H3. The quantitative estimate of drug-likeness (QED) is 0.871. The molecule has 0 heterocycles. The summed E-state index contributed by atoms with van der Waals surface area (Å²) >= 11 is 0. The number of nitrogens with two attached hydrogens (primary N) is 2. The Hall–Kier alpha value is -1.71. The van der Waals surface area contributed by atoms with E-state index in [4.69, 9.17) is 11.5 Å². The Bertz CT molecular complexity index is 508. The largest absolute Gasteiger partial charge is 0.326 e. The van der Waals surface area contributed by atoms with E-state index in [2.05, 4.69) is 0 Å². The van der Waals surface area contributed by atoms with Gasteiger partial charge in [-0.1, -0.05) is 42.5 Å². The van der Waals surface area contributed by atoms with Crippen LogP contribution in [0.25, 0.3) is 0 Å². The highest BCUT2D eigenvalue weighted by Crippen LogP contribution is 2.29. The molecule has 3 heteroatoms. The molecule has 4 N–H and O–H groups in total. The van der Waals surface area contributed by atoms with Gasteiger partial charge in [-0.15, -0.1) is 0 Å². The number of hydrogen-bond donors (Lipinski definition) is 2. The van der Waals surface area contributed by atoms with Crippen LogP contribution in [0, 0.1) is 5.82 Å². The van der Waals surface area contributed by atoms with Gasteiger partial charge >= 0.3 is 0 Å². The molecule has 0 bridgehead atoms. The first-order chi connectivity index (χ1) is 8.55. The maximum absolute atomic E-state index is 13.0. The Morgan fingerprint density at radius 2 is 1.44 bits per heavy atom. The maximum atomic E-state index is 13.0. The predicted octanol–water partition coefficient (Wildman–Crippen LogP) is 2.38. The number of hydrogen-bond acceptors (Lipinski definition) is 2. The van der Waals surface area contributed by atoms with E-state index < -0.39 is 5.54 Å². The molecule has 2 nitrogen and oxygen atoms in total. The molecule has 0 radical (unpaired) electrons. The fourth-order valence-electron chi connectivity index (χ4n) is 2.13. The molecule has 0 amide bonds. The average Bonchev–Trinajstić information content (AvgIpc) is 2.39. The van der Waals surface area contributed by atoms with Crippen LogP contribution in [-0.4, -0.2) is 6.04 Å². The van der Waals surface area contributed by atoms with Crippen molar-refractivity contribution in [2.75, 3.05) is 0 Å². The zero-order chi connectivity index (χ0) is 13.2. The van der Waals surface area contributed by atoms with Crippen molar-refractivity contribution in [3.8, 4) is 0 Å². The van der Waals surface area contributed by atoms with E-state index in [-0.39, 0.29) is 11.9 Å². The van der Waals surface area contributed by atoms with Crippen molar-refractivity contribution >= 4 is 0 Å². The normalized spacial score (nSPS) is 16.0. The summed E-state index contributed by atoms with van der Waals surface area (Å²) in [6.07, 6.45) is 0. The Morgan fingerprint density at radius 1 is 0.944 bits per heavy atom. The highest BCUT2D eigenvalue weighted by Gasteiger charge is 2.33. The molecular formula is C15H17FN2. The molecule has 0 saturated carbocycles. The van der Waals surface area contributed by atoms with Crippen LogP contribution in [0.4, 0.5) is 4.39 Å². The SMILES string of the molecule is CC(N)C(N)(c1ccccc1)c1ccc(F)cc1. The van der Waals surface area contributed by atoms with Crippen LogP contribution in [0.3, 0.4) is 0 Å². The second kappa shape index (κ2) is 4.88. The smallest absolute Gasteiger partial charge is 0.123 e. The minimum absolute atomic E-state index is 0.279. The van der Waals surface area contributed by atoms with Crippen molar-refractivity contribution in [2.24, 2.45) is 11.5 Å². The number of rotatable bonds is 3. The van der Waals surface area contributed by atoms with Crippen LogP contribution in [0.1, 0.15) is 18.1 Å². The Kier molecular flexibility index (Phi) is 3.45. The molecule has 18 heavy (non-hydrogen) atoms. The van der Waals surface area contributed by atoms with Gasteiger partial charge in [-0.25, -0.2) is 4.39 Å². The van der Waals surface area contributed by atoms with Gasteiger partial charge in [0.2, 0.25) is 0 Å². The van der Waals surface area contributed by atoms with Gasteiger partial charge in [0, 0.05) is 6.04 Å². The minimum Gasteiger partial charge on any atom is -0.326 e. The lowest BCUT2D eigenvalue weighted by molar-refractivity contribution is 0.445. The van der Waals surface area contributed by atoms with Gasteiger partial charge in [0.1, 0.15) is 5.82 Å². The number of halogens is 1. The summed E-state index contributed by atoms with van der Waals surface area (Å²) < 4.78 is 13.0. The van der Waals surface area contributed by atoms with Crippen LogP contribution >= 0.6 is 0 Å². The lowest BCUT2D eigenvalue weighted by Gasteiger charge is -2.34. The van der Waals surface area contributed by atoms with Crippen molar-refractivity contribution in [1.29, 1.82) is 0 Å². The Morgan fingerprint density at radius 3 is 1.94 bits per heavy atom. The van der Waals surface area contributed by atoms with Gasteiger partial charge in [0.05, 0.1) is 5.54 Å². The van der Waals surface area contributed by atoms with E-state index >= 15 is 0 Å². The third-order valence-electron chi connectivity index (χ3n) is 3.29. The summed E-state index contributed by atoms with van der Waals surface area (Å²) in [5.41, 5.74) is 13.5. The average molecular weight is 244 g/mol. The first-order valence-electron chi connectivity index (χ1n) is 5.91. The predicted molar refractivity (Wildman–Crippen MR) is 71.5 cm³/mol. The summed E-state index contributed by atoms with van der Waals surface area (Å²) in [4.78, 5) is 0. The van der Waals surface area contributed by atoms with Crippen LogP contribution in [-0.2, 0) is 5.54 Å². The Labute approximate surface area is 106 Å². The molecule has 2 aromatic carbocycles. The van der Waals surface area contributed by atoms with E-state index in [9.17, 15) is 4.39 Å². The lowest BCUT2D eigenvalue weighted by Crippen LogP contribution is -2.51. The molecule has 0 aromatic heterocycles. The van der Waals surface area contributed by atoms with Gasteiger partial charge < -0.3 is 11.5 Å². The van der Waals surface area contributed by atoms with E-state index in [1.807, 2.05) is 37.3 Å². The van der Waals surface area contributed by atoms with Gasteiger partial charge in [-0.3, -0.25) is 0 Å². The molecule has 2 atom stereocenters. The first-order valence-corrected chi connectivity index (χ1v) is 5.91. The second-order valence-electron chi connectivity index (χ2n) is 4.53. The maximum Gasteiger partial charge on any atom is 0.123 e. The number of benzene rings is 2. The summed E-state index contributed by atoms with van der Waals surface area (Å²) in [6.45, 7) is 1.86. The van der Waals surface area contributed by atoms with E-state index in [1.54, 1.807) is 12.1 Å². The highest BCUT2D eigenvalue weighted by molar-refractivity contribution is 5.39. The topological polar surface area (TPSA) is 52.0 Å². The summed E-state index contributed by atoms with van der Waals surface area (Å²) in [6, 6.07) is 15.5. The third-order valence-corrected chi connectivity index (χ3v) is 3.29. The monoisotopic (exact) mass is 244 g/mol. The van der Waals surface area contributed by atoms with Gasteiger partial charge in [-0.05, 0) is 30.2 Å². The molecule has 2 aromatic rings. The van der Waals surface area contributed by atoms with Crippen LogP contribution in [0.2, 0.25) is 0 Å². The fourth-order valence-corrected chi connectivity index (χ4v) is 2.13. The van der Waals surface area contributed by atoms with Crippen molar-refractivity contribution in [2.45, 2.75) is 18.5 Å². The zero-order valence-electron chi connectivity index (χ0n) is 10.3. The van der Waals surface area contributed by atoms with E-state index in [1.165, 1.54) is 12.1 Å². The van der Waals surface area contributed by atoms with Crippen molar-refractivity contribution in [3.63, 3.8) is 0 Å². The van der Waals surface area contributed by atoms with Crippen molar-refractivity contribution in [1.82, 2.24) is 0 Å². The van der Waals surface area contributed by atoms with Gasteiger partial charge in [0.25, 0.3) is 0 Å². The second-order valence-corrected chi connectivity index (χ2v) is 4.53. The van der Waals surface area contributed by atoms with Crippen LogP contribution < -0.4 is 11.5 Å². The summed E-state index contributed by atoms with van der Waals surface area (Å²) in [7, 11) is 0. The summed E-state index contributed by atoms with van der Waals surface area (Å²) in [5, 5.41) is 0. The third kappa shape index (κ3) is 2.15. The molecule has 0 fully saturated rings.